The Labute approximate surface area is 104 Å². The number of hydrogen-bond donors (Lipinski definition) is 3. The summed E-state index contributed by atoms with van der Waals surface area (Å²) >= 11 is 0. The van der Waals surface area contributed by atoms with Crippen molar-refractivity contribution in [1.82, 2.24) is 0 Å². The smallest absolute Gasteiger partial charge is 0.494 e. The van der Waals surface area contributed by atoms with Crippen molar-refractivity contribution in [3.63, 3.8) is 0 Å². The lowest BCUT2D eigenvalue weighted by atomic mass is 9.78. The van der Waals surface area contributed by atoms with Crippen LogP contribution in [0.1, 0.15) is 18.1 Å². The van der Waals surface area contributed by atoms with Crippen molar-refractivity contribution in [3.8, 4) is 5.75 Å². The van der Waals surface area contributed by atoms with Gasteiger partial charge in [-0.2, -0.15) is 0 Å². The number of aliphatic hydroxyl groups is 1. The van der Waals surface area contributed by atoms with Crippen LogP contribution < -0.4 is 15.9 Å². The van der Waals surface area contributed by atoms with Crippen molar-refractivity contribution in [2.75, 3.05) is 19.8 Å². The Hall–Kier alpha value is -1.15. The van der Waals surface area contributed by atoms with Gasteiger partial charge < -0.3 is 25.3 Å². The summed E-state index contributed by atoms with van der Waals surface area (Å²) in [5.74, 6) is -0.102. The number of aliphatic hydroxyl groups excluding tert-OH is 1. The first-order valence-electron chi connectivity index (χ1n) is 5.78. The molecule has 7 heteroatoms. The Bertz CT molecular complexity index is 432. The van der Waals surface area contributed by atoms with Crippen LogP contribution in [0.2, 0.25) is 0 Å². The molecule has 0 aliphatic carbocycles. The predicted molar refractivity (Wildman–Crippen MR) is 64.1 cm³/mol. The minimum Gasteiger partial charge on any atom is -0.494 e. The highest BCUT2D eigenvalue weighted by Gasteiger charge is 2.39. The quantitative estimate of drug-likeness (QED) is 0.478. The zero-order valence-corrected chi connectivity index (χ0v) is 9.80. The molecule has 18 heavy (non-hydrogen) atoms. The molecule has 1 aliphatic rings. The second-order valence-electron chi connectivity index (χ2n) is 4.01. The van der Waals surface area contributed by atoms with Crippen LogP contribution in [0, 0.1) is 5.82 Å². The highest BCUT2D eigenvalue weighted by atomic mass is 19.1. The van der Waals surface area contributed by atoms with Gasteiger partial charge in [-0.1, -0.05) is 0 Å². The van der Waals surface area contributed by atoms with Crippen LogP contribution in [-0.2, 0) is 4.65 Å². The first kappa shape index (κ1) is 13.3. The molecule has 5 nitrogen and oxygen atoms in total. The topological polar surface area (TPSA) is 84.9 Å². The van der Waals surface area contributed by atoms with Crippen molar-refractivity contribution >= 4 is 12.6 Å². The van der Waals surface area contributed by atoms with E-state index in [9.17, 15) is 9.41 Å². The van der Waals surface area contributed by atoms with Crippen molar-refractivity contribution in [2.45, 2.75) is 12.5 Å². The molecule has 0 spiro atoms. The van der Waals surface area contributed by atoms with Crippen molar-refractivity contribution in [3.05, 3.63) is 23.5 Å². The number of nitrogens with two attached hydrogens (primary N) is 1. The van der Waals surface area contributed by atoms with Gasteiger partial charge in [0.2, 0.25) is 0 Å². The molecule has 0 radical (unpaired) electrons. The van der Waals surface area contributed by atoms with Crippen LogP contribution >= 0.6 is 0 Å². The van der Waals surface area contributed by atoms with Crippen molar-refractivity contribution < 1.29 is 23.9 Å². The van der Waals surface area contributed by atoms with E-state index in [1.54, 1.807) is 0 Å². The first-order valence-corrected chi connectivity index (χ1v) is 5.78. The maximum Gasteiger partial charge on any atom is 0.495 e. The molecule has 0 aromatic heterocycles. The molecule has 1 unspecified atom stereocenters. The van der Waals surface area contributed by atoms with E-state index in [2.05, 4.69) is 0 Å². The summed E-state index contributed by atoms with van der Waals surface area (Å²) in [7, 11) is -1.23. The van der Waals surface area contributed by atoms with E-state index < -0.39 is 19.0 Å². The lowest BCUT2D eigenvalue weighted by Gasteiger charge is -2.12. The summed E-state index contributed by atoms with van der Waals surface area (Å²) in [4.78, 5) is 0. The van der Waals surface area contributed by atoms with E-state index in [0.29, 0.717) is 17.6 Å². The number of halogens is 1. The molecule has 2 rings (SSSR count). The van der Waals surface area contributed by atoms with E-state index in [4.69, 9.17) is 20.2 Å². The van der Waals surface area contributed by atoms with Crippen LogP contribution in [0.3, 0.4) is 0 Å². The van der Waals surface area contributed by atoms with Gasteiger partial charge in [0, 0.05) is 30.6 Å². The second kappa shape index (κ2) is 5.66. The fourth-order valence-electron chi connectivity index (χ4n) is 2.01. The molecule has 1 atom stereocenters. The lowest BCUT2D eigenvalue weighted by Crippen LogP contribution is -2.30. The van der Waals surface area contributed by atoms with Crippen molar-refractivity contribution in [2.24, 2.45) is 5.73 Å². The average Bonchev–Trinajstić information content (AvgIpc) is 2.71. The minimum atomic E-state index is -1.23. The normalized spacial score (nSPS) is 18.0. The third kappa shape index (κ3) is 2.35. The zero-order valence-electron chi connectivity index (χ0n) is 9.80. The molecule has 1 heterocycles. The van der Waals surface area contributed by atoms with Gasteiger partial charge in [0.15, 0.2) is 0 Å². The van der Waals surface area contributed by atoms with Crippen molar-refractivity contribution in [1.29, 1.82) is 0 Å². The molecule has 1 aromatic rings. The van der Waals surface area contributed by atoms with E-state index >= 15 is 0 Å². The molecule has 0 bridgehead atoms. The highest BCUT2D eigenvalue weighted by molar-refractivity contribution is 6.62. The number of hydrogen-bond acceptors (Lipinski definition) is 5. The summed E-state index contributed by atoms with van der Waals surface area (Å²) in [5, 5.41) is 18.5. The molecule has 0 saturated heterocycles. The molecule has 0 fully saturated rings. The molecule has 1 aromatic carbocycles. The fourth-order valence-corrected chi connectivity index (χ4v) is 2.01. The third-order valence-corrected chi connectivity index (χ3v) is 2.83. The van der Waals surface area contributed by atoms with E-state index in [1.807, 2.05) is 0 Å². The van der Waals surface area contributed by atoms with Gasteiger partial charge in [-0.25, -0.2) is 4.39 Å². The molecular formula is C11H15BFNO4. The zero-order chi connectivity index (χ0) is 13.1. The van der Waals surface area contributed by atoms with Gasteiger partial charge in [-0.05, 0) is 12.1 Å². The van der Waals surface area contributed by atoms with Gasteiger partial charge in [0.1, 0.15) is 11.6 Å². The first-order chi connectivity index (χ1) is 8.69. The molecule has 0 amide bonds. The summed E-state index contributed by atoms with van der Waals surface area (Å²) < 4.78 is 24.3. The number of rotatable bonds is 5. The van der Waals surface area contributed by atoms with Gasteiger partial charge in [0.05, 0.1) is 12.7 Å². The molecule has 0 saturated carbocycles. The maximum absolute atomic E-state index is 13.7. The Kier molecular flexibility index (Phi) is 4.18. The largest absolute Gasteiger partial charge is 0.495 e. The molecular weight excluding hydrogens is 240 g/mol. The Balaban J connectivity index is 2.31. The fraction of sp³-hybridized carbons (Fsp3) is 0.455. The second-order valence-corrected chi connectivity index (χ2v) is 4.01. The number of benzene rings is 1. The Morgan fingerprint density at radius 1 is 1.50 bits per heavy atom. The van der Waals surface area contributed by atoms with Gasteiger partial charge in [-0.3, -0.25) is 0 Å². The predicted octanol–water partition coefficient (Wildman–Crippen LogP) is -0.696. The van der Waals surface area contributed by atoms with Crippen LogP contribution in [0.4, 0.5) is 4.39 Å². The van der Waals surface area contributed by atoms with E-state index in [0.717, 1.165) is 0 Å². The summed E-state index contributed by atoms with van der Waals surface area (Å²) in [6.07, 6.45) is -0.194. The van der Waals surface area contributed by atoms with Crippen LogP contribution in [-0.4, -0.2) is 37.0 Å². The summed E-state index contributed by atoms with van der Waals surface area (Å²) in [6.45, 7) is 0.378. The Morgan fingerprint density at radius 3 is 2.94 bits per heavy atom. The van der Waals surface area contributed by atoms with E-state index in [-0.39, 0.29) is 25.3 Å². The van der Waals surface area contributed by atoms with Crippen LogP contribution in [0.15, 0.2) is 12.1 Å². The van der Waals surface area contributed by atoms with Gasteiger partial charge in [-0.15, -0.1) is 0 Å². The van der Waals surface area contributed by atoms with Crippen LogP contribution in [0.25, 0.3) is 0 Å². The maximum atomic E-state index is 13.7. The highest BCUT2D eigenvalue weighted by Crippen LogP contribution is 2.29. The molecule has 4 N–H and O–H groups in total. The lowest BCUT2D eigenvalue weighted by molar-refractivity contribution is 0.194. The van der Waals surface area contributed by atoms with E-state index in [1.165, 1.54) is 12.1 Å². The minimum absolute atomic E-state index is 0.00780. The number of ether oxygens (including phenoxy) is 1. The summed E-state index contributed by atoms with van der Waals surface area (Å²) in [6, 6.07) is 2.70. The van der Waals surface area contributed by atoms with Crippen LogP contribution in [0.5, 0.6) is 5.75 Å². The monoisotopic (exact) mass is 255 g/mol. The third-order valence-electron chi connectivity index (χ3n) is 2.83. The van der Waals surface area contributed by atoms with Gasteiger partial charge in [0.25, 0.3) is 0 Å². The Morgan fingerprint density at radius 2 is 2.28 bits per heavy atom. The number of fused-ring (bicyclic) bond motifs is 1. The SMILES string of the molecule is NCC1OB(O)c2c(OCCCO)ccc(F)c21. The molecule has 98 valence electrons. The standard InChI is InChI=1S/C11H15BFNO4/c13-7-2-3-8(17-5-1-4-15)11-10(7)9(6-14)18-12(11)16/h2-3,9,15-16H,1,4-6,14H2. The average molecular weight is 255 g/mol. The van der Waals surface area contributed by atoms with Gasteiger partial charge >= 0.3 is 7.12 Å². The molecule has 1 aliphatic heterocycles. The summed E-state index contributed by atoms with van der Waals surface area (Å²) in [5.41, 5.74) is 6.03.